The van der Waals surface area contributed by atoms with Gasteiger partial charge in [0.1, 0.15) is 0 Å². The molecule has 1 aromatic heterocycles. The van der Waals surface area contributed by atoms with Gasteiger partial charge in [-0.3, -0.25) is 9.78 Å². The van der Waals surface area contributed by atoms with Gasteiger partial charge in [0.15, 0.2) is 0 Å². The van der Waals surface area contributed by atoms with E-state index in [1.807, 2.05) is 12.1 Å². The number of hydrogen-bond donors (Lipinski definition) is 2. The average Bonchev–Trinajstić information content (AvgIpc) is 2.31. The lowest BCUT2D eigenvalue weighted by molar-refractivity contribution is -0.142. The lowest BCUT2D eigenvalue weighted by Crippen LogP contribution is -2.29. The summed E-state index contributed by atoms with van der Waals surface area (Å²) in [5.41, 5.74) is 1.06. The number of carboxylic acids is 1. The Balaban J connectivity index is 1.84. The second-order valence-corrected chi connectivity index (χ2v) is 4.27. The van der Waals surface area contributed by atoms with E-state index in [1.54, 1.807) is 12.4 Å². The topological polar surface area (TPSA) is 62.2 Å². The van der Waals surface area contributed by atoms with Gasteiger partial charge in [-0.1, -0.05) is 0 Å². The first-order chi connectivity index (χ1) is 7.75. The fourth-order valence-electron chi connectivity index (χ4n) is 2.17. The highest BCUT2D eigenvalue weighted by Gasteiger charge is 2.25. The fraction of sp³-hybridized carbons (Fsp3) is 0.500. The van der Waals surface area contributed by atoms with E-state index in [0.29, 0.717) is 6.04 Å². The molecule has 0 bridgehead atoms. The Morgan fingerprint density at radius 1 is 1.25 bits per heavy atom. The number of pyridine rings is 1. The Hall–Kier alpha value is -1.58. The molecule has 0 unspecified atom stereocenters. The summed E-state index contributed by atoms with van der Waals surface area (Å²) in [6.45, 7) is 0. The predicted octanol–water partition coefficient (Wildman–Crippen LogP) is 2.14. The molecule has 16 heavy (non-hydrogen) atoms. The van der Waals surface area contributed by atoms with Gasteiger partial charge in [0.25, 0.3) is 0 Å². The molecule has 2 rings (SSSR count). The van der Waals surface area contributed by atoms with E-state index in [2.05, 4.69) is 10.3 Å². The predicted molar refractivity (Wildman–Crippen MR) is 61.2 cm³/mol. The smallest absolute Gasteiger partial charge is 0.306 e. The van der Waals surface area contributed by atoms with Crippen LogP contribution in [0.2, 0.25) is 0 Å². The van der Waals surface area contributed by atoms with Crippen LogP contribution in [0.1, 0.15) is 25.7 Å². The van der Waals surface area contributed by atoms with Crippen LogP contribution in [0.5, 0.6) is 0 Å². The Bertz CT molecular complexity index is 345. The Labute approximate surface area is 94.7 Å². The van der Waals surface area contributed by atoms with Crippen LogP contribution in [0, 0.1) is 5.92 Å². The zero-order valence-electron chi connectivity index (χ0n) is 9.10. The number of anilines is 1. The monoisotopic (exact) mass is 220 g/mol. The minimum Gasteiger partial charge on any atom is -0.481 e. The van der Waals surface area contributed by atoms with Crippen LogP contribution in [-0.4, -0.2) is 22.1 Å². The normalized spacial score (nSPS) is 25.0. The van der Waals surface area contributed by atoms with Gasteiger partial charge >= 0.3 is 5.97 Å². The van der Waals surface area contributed by atoms with E-state index in [9.17, 15) is 4.79 Å². The van der Waals surface area contributed by atoms with Gasteiger partial charge in [-0.05, 0) is 37.8 Å². The summed E-state index contributed by atoms with van der Waals surface area (Å²) in [7, 11) is 0. The Kier molecular flexibility index (Phi) is 3.39. The molecule has 1 heterocycles. The van der Waals surface area contributed by atoms with Gasteiger partial charge in [0, 0.05) is 24.1 Å². The number of hydrogen-bond acceptors (Lipinski definition) is 3. The van der Waals surface area contributed by atoms with E-state index >= 15 is 0 Å². The summed E-state index contributed by atoms with van der Waals surface area (Å²) in [6, 6.07) is 4.27. The standard InChI is InChI=1S/C12H16N2O2/c15-12(16)9-1-3-10(4-2-9)14-11-5-7-13-8-6-11/h5-10H,1-4H2,(H,13,14)(H,15,16)/t9-,10+. The van der Waals surface area contributed by atoms with E-state index in [-0.39, 0.29) is 5.92 Å². The SMILES string of the molecule is O=C(O)[C@H]1CC[C@@H](Nc2ccncc2)CC1. The van der Waals surface area contributed by atoms with Crippen LogP contribution in [0.15, 0.2) is 24.5 Å². The quantitative estimate of drug-likeness (QED) is 0.819. The van der Waals surface area contributed by atoms with Crippen molar-refractivity contribution in [1.29, 1.82) is 0 Å². The third-order valence-electron chi connectivity index (χ3n) is 3.13. The van der Waals surface area contributed by atoms with Crippen molar-refractivity contribution in [1.82, 2.24) is 4.98 Å². The molecule has 4 nitrogen and oxygen atoms in total. The molecule has 0 saturated heterocycles. The van der Waals surface area contributed by atoms with Crippen LogP contribution in [-0.2, 0) is 4.79 Å². The highest BCUT2D eigenvalue weighted by Crippen LogP contribution is 2.26. The van der Waals surface area contributed by atoms with Crippen molar-refractivity contribution in [2.24, 2.45) is 5.92 Å². The van der Waals surface area contributed by atoms with Crippen molar-refractivity contribution in [3.05, 3.63) is 24.5 Å². The van der Waals surface area contributed by atoms with E-state index in [1.165, 1.54) is 0 Å². The molecule has 2 N–H and O–H groups in total. The van der Waals surface area contributed by atoms with Gasteiger partial charge in [0.2, 0.25) is 0 Å². The highest BCUT2D eigenvalue weighted by atomic mass is 16.4. The zero-order chi connectivity index (χ0) is 11.4. The van der Waals surface area contributed by atoms with Gasteiger partial charge < -0.3 is 10.4 Å². The molecule has 1 fully saturated rings. The van der Waals surface area contributed by atoms with E-state index in [4.69, 9.17) is 5.11 Å². The Morgan fingerprint density at radius 3 is 2.44 bits per heavy atom. The molecule has 86 valence electrons. The molecule has 0 aromatic carbocycles. The summed E-state index contributed by atoms with van der Waals surface area (Å²) in [5, 5.41) is 12.3. The van der Waals surface area contributed by atoms with Gasteiger partial charge in [-0.2, -0.15) is 0 Å². The van der Waals surface area contributed by atoms with Crippen molar-refractivity contribution in [3.8, 4) is 0 Å². The van der Waals surface area contributed by atoms with Crippen LogP contribution in [0.3, 0.4) is 0 Å². The van der Waals surface area contributed by atoms with Crippen molar-refractivity contribution >= 4 is 11.7 Å². The van der Waals surface area contributed by atoms with Crippen molar-refractivity contribution in [2.75, 3.05) is 5.32 Å². The van der Waals surface area contributed by atoms with Crippen LogP contribution >= 0.6 is 0 Å². The number of carboxylic acid groups (broad SMARTS) is 1. The molecule has 1 saturated carbocycles. The lowest BCUT2D eigenvalue weighted by atomic mass is 9.86. The van der Waals surface area contributed by atoms with Gasteiger partial charge in [0.05, 0.1) is 5.92 Å². The molecule has 1 aromatic rings. The fourth-order valence-corrected chi connectivity index (χ4v) is 2.17. The molecule has 0 spiro atoms. The second kappa shape index (κ2) is 4.96. The van der Waals surface area contributed by atoms with Crippen LogP contribution in [0.4, 0.5) is 5.69 Å². The van der Waals surface area contributed by atoms with E-state index in [0.717, 1.165) is 31.4 Å². The van der Waals surface area contributed by atoms with Gasteiger partial charge in [-0.25, -0.2) is 0 Å². The van der Waals surface area contributed by atoms with Crippen molar-refractivity contribution in [2.45, 2.75) is 31.7 Å². The molecule has 0 atom stereocenters. The summed E-state index contributed by atoms with van der Waals surface area (Å²) in [4.78, 5) is 14.7. The average molecular weight is 220 g/mol. The first kappa shape index (κ1) is 10.9. The minimum atomic E-state index is -0.651. The van der Waals surface area contributed by atoms with Crippen LogP contribution in [0.25, 0.3) is 0 Å². The third-order valence-corrected chi connectivity index (χ3v) is 3.13. The highest BCUT2D eigenvalue weighted by molar-refractivity contribution is 5.70. The molecule has 0 amide bonds. The third kappa shape index (κ3) is 2.72. The number of rotatable bonds is 3. The maximum Gasteiger partial charge on any atom is 0.306 e. The second-order valence-electron chi connectivity index (χ2n) is 4.27. The van der Waals surface area contributed by atoms with Crippen LogP contribution < -0.4 is 5.32 Å². The number of nitrogens with one attached hydrogen (secondary N) is 1. The minimum absolute atomic E-state index is 0.143. The summed E-state index contributed by atoms with van der Waals surface area (Å²) in [6.07, 6.45) is 6.92. The molecular weight excluding hydrogens is 204 g/mol. The number of carbonyl (C=O) groups is 1. The lowest BCUT2D eigenvalue weighted by Gasteiger charge is -2.27. The van der Waals surface area contributed by atoms with E-state index < -0.39 is 5.97 Å². The Morgan fingerprint density at radius 2 is 1.88 bits per heavy atom. The molecule has 1 aliphatic carbocycles. The molecule has 4 heteroatoms. The number of nitrogens with zero attached hydrogens (tertiary/aromatic N) is 1. The largest absolute Gasteiger partial charge is 0.481 e. The molecule has 1 aliphatic rings. The molecule has 0 radical (unpaired) electrons. The summed E-state index contributed by atoms with van der Waals surface area (Å²) in [5.74, 6) is -0.794. The number of aromatic nitrogens is 1. The first-order valence-corrected chi connectivity index (χ1v) is 5.65. The number of aliphatic carboxylic acids is 1. The molecular formula is C12H16N2O2. The molecule has 0 aliphatic heterocycles. The van der Waals surface area contributed by atoms with Crippen molar-refractivity contribution in [3.63, 3.8) is 0 Å². The summed E-state index contributed by atoms with van der Waals surface area (Å²) >= 11 is 0. The summed E-state index contributed by atoms with van der Waals surface area (Å²) < 4.78 is 0. The first-order valence-electron chi connectivity index (χ1n) is 5.65. The maximum absolute atomic E-state index is 10.8. The zero-order valence-corrected chi connectivity index (χ0v) is 9.10. The maximum atomic E-state index is 10.8. The van der Waals surface area contributed by atoms with Crippen molar-refractivity contribution < 1.29 is 9.90 Å². The van der Waals surface area contributed by atoms with Gasteiger partial charge in [-0.15, -0.1) is 0 Å².